The standard InChI is InChI=1S/C32H39N5O3.C32H38N4O4/c1-18-9-19-11-20(10-18)13-24(12-19)36-22-5-4-6-23(36)16-25(15-22)37-28-8-3-2-7-27(28)35-29(32(37)40)21-14-26(30(33)38)31(39)34-17-21;1-18-9-19-11-20(10-18)13-24(12-19)35-22-5-4-6-23(35)16-25(15-22)36-28-8-3-2-7-27(28)34-29(31(36)38)21-14-26(32(39)40)30(37)33-17-21/h2-3,7-8,14,17-20,22-25H,4-6,9-13,15-16H2,1H3,(H2,33,38)(H,34,39);2-3,7-8,14,17-20,22-25H,4-6,9-13,15-16H2,1H3,(H,33,37)(H,39,40)/t2*18?,19-,20+,22-,23+,24?,25?. The van der Waals surface area contributed by atoms with Crippen LogP contribution < -0.4 is 28.0 Å². The predicted molar refractivity (Wildman–Crippen MR) is 309 cm³/mol. The highest BCUT2D eigenvalue weighted by molar-refractivity contribution is 5.93. The van der Waals surface area contributed by atoms with Crippen LogP contribution in [0.5, 0.6) is 0 Å². The first kappa shape index (κ1) is 52.8. The largest absolute Gasteiger partial charge is 0.477 e. The van der Waals surface area contributed by atoms with E-state index in [0.717, 1.165) is 77.7 Å². The van der Waals surface area contributed by atoms with Gasteiger partial charge in [-0.25, -0.2) is 14.8 Å². The van der Waals surface area contributed by atoms with Crippen molar-refractivity contribution in [3.05, 3.63) is 126 Å². The van der Waals surface area contributed by atoms with E-state index in [2.05, 4.69) is 38.6 Å². The third-order valence-electron chi connectivity index (χ3n) is 20.7. The molecule has 5 N–H and O–H groups in total. The third-order valence-corrected chi connectivity index (χ3v) is 20.7. The van der Waals surface area contributed by atoms with Crippen LogP contribution >= 0.6 is 0 Å². The summed E-state index contributed by atoms with van der Waals surface area (Å²) < 4.78 is 3.90. The number of primary amides is 1. The number of benzene rings is 2. The number of amides is 1. The minimum absolute atomic E-state index is 0.0514. The molecule has 4 saturated heterocycles. The number of carboxylic acids is 1. The Balaban J connectivity index is 0.000000151. The quantitative estimate of drug-likeness (QED) is 0.112. The van der Waals surface area contributed by atoms with Crippen LogP contribution in [-0.2, 0) is 0 Å². The number of aromatic nitrogens is 6. The first-order valence-corrected chi connectivity index (χ1v) is 30.3. The van der Waals surface area contributed by atoms with E-state index in [1.165, 1.54) is 127 Å². The third kappa shape index (κ3) is 9.89. The molecule has 4 saturated carbocycles. The van der Waals surface area contributed by atoms with Gasteiger partial charge in [-0.15, -0.1) is 0 Å². The number of nitrogens with one attached hydrogen (secondary N) is 2. The van der Waals surface area contributed by atoms with Crippen molar-refractivity contribution in [3.63, 3.8) is 0 Å². The molecule has 1 amide bonds. The normalized spacial score (nSPS) is 32.2. The molecular weight excluding hydrogens is 1010 g/mol. The number of pyridine rings is 2. The van der Waals surface area contributed by atoms with E-state index in [1.54, 1.807) is 0 Å². The molecular formula is C64H77N9O7. The van der Waals surface area contributed by atoms with Gasteiger partial charge in [0.2, 0.25) is 0 Å². The van der Waals surface area contributed by atoms with Crippen molar-refractivity contribution >= 4 is 33.9 Å². The van der Waals surface area contributed by atoms with E-state index in [1.807, 2.05) is 57.7 Å². The van der Waals surface area contributed by atoms with Crippen molar-refractivity contribution in [3.8, 4) is 22.5 Å². The molecule has 4 aromatic heterocycles. The summed E-state index contributed by atoms with van der Waals surface area (Å²) in [5.41, 5.74) is 7.41. The van der Waals surface area contributed by atoms with Crippen molar-refractivity contribution in [2.45, 2.75) is 191 Å². The van der Waals surface area contributed by atoms with Gasteiger partial charge in [0, 0.05) is 71.9 Å². The number of hydrogen-bond donors (Lipinski definition) is 4. The number of aromatic amines is 2. The van der Waals surface area contributed by atoms with Gasteiger partial charge in [-0.05, 0) is 187 Å². The Morgan fingerprint density at radius 3 is 1.26 bits per heavy atom. The van der Waals surface area contributed by atoms with E-state index >= 15 is 0 Å². The van der Waals surface area contributed by atoms with E-state index in [-0.39, 0.29) is 40.2 Å². The zero-order valence-electron chi connectivity index (χ0n) is 46.3. The van der Waals surface area contributed by atoms with Crippen LogP contribution in [0, 0.1) is 35.5 Å². The summed E-state index contributed by atoms with van der Waals surface area (Å²) in [5, 5.41) is 9.50. The predicted octanol–water partition coefficient (Wildman–Crippen LogP) is 9.85. The molecule has 16 heteroatoms. The van der Waals surface area contributed by atoms with Crippen LogP contribution in [0.1, 0.15) is 175 Å². The Morgan fingerprint density at radius 1 is 0.500 bits per heavy atom. The molecule has 2 aromatic carbocycles. The first-order chi connectivity index (χ1) is 38.7. The Labute approximate surface area is 465 Å². The minimum Gasteiger partial charge on any atom is -0.477 e. The number of hydrogen-bond acceptors (Lipinski definition) is 10. The molecule has 0 radical (unpaired) electrons. The number of fused-ring (bicyclic) bond motifs is 10. The Kier molecular flexibility index (Phi) is 14.1. The van der Waals surface area contributed by atoms with Crippen LogP contribution in [-0.4, -0.2) is 92.1 Å². The molecule has 420 valence electrons. The second-order valence-corrected chi connectivity index (χ2v) is 26.1. The lowest BCUT2D eigenvalue weighted by Crippen LogP contribution is -2.58. The van der Waals surface area contributed by atoms with Gasteiger partial charge in [-0.1, -0.05) is 51.0 Å². The molecule has 4 aliphatic carbocycles. The van der Waals surface area contributed by atoms with E-state index in [0.29, 0.717) is 52.9 Å². The zero-order valence-corrected chi connectivity index (χ0v) is 46.3. The highest BCUT2D eigenvalue weighted by Crippen LogP contribution is 2.51. The topological polar surface area (TPSA) is 222 Å². The molecule has 8 heterocycles. The molecule has 6 aromatic rings. The van der Waals surface area contributed by atoms with E-state index in [4.69, 9.17) is 10.7 Å². The van der Waals surface area contributed by atoms with Crippen LogP contribution in [0.15, 0.2) is 92.2 Å². The number of piperidine rings is 4. The van der Waals surface area contributed by atoms with Gasteiger partial charge in [-0.2, -0.15) is 0 Å². The summed E-state index contributed by atoms with van der Waals surface area (Å²) in [7, 11) is 0. The average molecular weight is 1080 g/mol. The molecule has 14 rings (SSSR count). The van der Waals surface area contributed by atoms with Crippen LogP contribution in [0.4, 0.5) is 0 Å². The van der Waals surface area contributed by atoms with Crippen molar-refractivity contribution in [2.75, 3.05) is 0 Å². The smallest absolute Gasteiger partial charge is 0.341 e. The maximum absolute atomic E-state index is 14.2. The molecule has 0 spiro atoms. The highest BCUT2D eigenvalue weighted by Gasteiger charge is 2.48. The highest BCUT2D eigenvalue weighted by atomic mass is 16.4. The number of carbonyl (C=O) groups is 2. The molecule has 16 nitrogen and oxygen atoms in total. The van der Waals surface area contributed by atoms with Crippen LogP contribution in [0.3, 0.4) is 0 Å². The lowest BCUT2D eigenvalue weighted by Gasteiger charge is -2.55. The van der Waals surface area contributed by atoms with Gasteiger partial charge in [-0.3, -0.25) is 33.8 Å². The fraction of sp³-hybridized carbons (Fsp3) is 0.562. The molecule has 4 aliphatic heterocycles. The number of carboxylic acid groups (broad SMARTS) is 1. The number of nitrogens with zero attached hydrogens (tertiary/aromatic N) is 6. The summed E-state index contributed by atoms with van der Waals surface area (Å²) in [6.45, 7) is 4.87. The van der Waals surface area contributed by atoms with Gasteiger partial charge in [0.25, 0.3) is 28.1 Å². The van der Waals surface area contributed by atoms with Crippen molar-refractivity contribution in [1.29, 1.82) is 0 Å². The summed E-state index contributed by atoms with van der Waals surface area (Å²) in [6.07, 6.45) is 27.7. The summed E-state index contributed by atoms with van der Waals surface area (Å²) in [4.78, 5) is 96.3. The molecule has 80 heavy (non-hydrogen) atoms. The lowest BCUT2D eigenvalue weighted by molar-refractivity contribution is -0.0526. The maximum atomic E-state index is 14.2. The fourth-order valence-electron chi connectivity index (χ4n) is 18.2. The number of aromatic carboxylic acids is 1. The molecule has 6 unspecified atom stereocenters. The van der Waals surface area contributed by atoms with Crippen molar-refractivity contribution in [2.24, 2.45) is 41.2 Å². The Hall–Kier alpha value is -6.52. The van der Waals surface area contributed by atoms with Crippen molar-refractivity contribution < 1.29 is 14.7 Å². The minimum atomic E-state index is -1.33. The average Bonchev–Trinajstić information content (AvgIpc) is 3.42. The lowest BCUT2D eigenvalue weighted by atomic mass is 9.65. The fourth-order valence-corrected chi connectivity index (χ4v) is 18.2. The summed E-state index contributed by atoms with van der Waals surface area (Å²) in [5.74, 6) is 3.08. The monoisotopic (exact) mass is 1080 g/mol. The van der Waals surface area contributed by atoms with Gasteiger partial charge < -0.3 is 29.9 Å². The first-order valence-electron chi connectivity index (χ1n) is 30.3. The number of para-hydroxylation sites is 4. The molecule has 14 atom stereocenters. The van der Waals surface area contributed by atoms with E-state index < -0.39 is 28.6 Å². The number of carbonyl (C=O) groups excluding carboxylic acids is 1. The van der Waals surface area contributed by atoms with Gasteiger partial charge in [0.1, 0.15) is 22.5 Å². The number of H-pyrrole nitrogens is 2. The van der Waals surface area contributed by atoms with Gasteiger partial charge in [0.15, 0.2) is 0 Å². The summed E-state index contributed by atoms with van der Waals surface area (Å²) in [6, 6.07) is 21.6. The second-order valence-electron chi connectivity index (χ2n) is 26.1. The Morgan fingerprint density at radius 2 is 0.875 bits per heavy atom. The molecule has 8 aliphatic rings. The van der Waals surface area contributed by atoms with Crippen LogP contribution in [0.25, 0.3) is 44.6 Å². The second kappa shape index (κ2) is 21.4. The SMILES string of the molecule is CC1C[C@@H]2CC(N3[C@@H]4CCC[C@H]3CC(n3c(=O)c(-c5c[nH]c(=O)c(C(=O)O)c5)nc5ccccc53)C4)C[C@H](C1)C2.CC1C[C@@H]2CC(N3[C@@H]4CCC[C@H]3CC(n3c(=O)c(-c5c[nH]c(=O)c(C(N)=O)c5)nc5ccccc53)C4)C[C@H](C1)C2. The summed E-state index contributed by atoms with van der Waals surface area (Å²) >= 11 is 0. The number of rotatable bonds is 8. The van der Waals surface area contributed by atoms with E-state index in [9.17, 15) is 33.9 Å². The molecule has 8 fully saturated rings. The van der Waals surface area contributed by atoms with Crippen LogP contribution in [0.2, 0.25) is 0 Å². The number of nitrogens with two attached hydrogens (primary N) is 1. The maximum Gasteiger partial charge on any atom is 0.341 e. The van der Waals surface area contributed by atoms with Crippen molar-refractivity contribution in [1.82, 2.24) is 38.9 Å². The Bertz CT molecular complexity index is 3320. The van der Waals surface area contributed by atoms with Gasteiger partial charge >= 0.3 is 5.97 Å². The van der Waals surface area contributed by atoms with Gasteiger partial charge in [0.05, 0.1) is 22.1 Å². The zero-order chi connectivity index (χ0) is 55.1. The molecule has 8 bridgehead atoms.